The monoisotopic (exact) mass is 336 g/mol. The Morgan fingerprint density at radius 1 is 1.04 bits per heavy atom. The smallest absolute Gasteiger partial charge is 0.248 e. The van der Waals surface area contributed by atoms with Crippen LogP contribution in [0.2, 0.25) is 0 Å². The van der Waals surface area contributed by atoms with E-state index in [0.29, 0.717) is 5.95 Å². The number of nitrogens with zero attached hydrogens (tertiary/aromatic N) is 5. The number of hydrogen-bond acceptors (Lipinski definition) is 5. The molecule has 7 heteroatoms. The van der Waals surface area contributed by atoms with E-state index in [2.05, 4.69) is 50.0 Å². The first kappa shape index (κ1) is 15.3. The zero-order chi connectivity index (χ0) is 17.4. The van der Waals surface area contributed by atoms with Gasteiger partial charge < -0.3 is 10.2 Å². The molecule has 4 rings (SSSR count). The Bertz CT molecular complexity index is 911. The van der Waals surface area contributed by atoms with Crippen molar-refractivity contribution in [2.24, 2.45) is 0 Å². The Labute approximate surface area is 144 Å². The first-order valence-electron chi connectivity index (χ1n) is 7.92. The van der Waals surface area contributed by atoms with Gasteiger partial charge in [0.1, 0.15) is 11.9 Å². The third-order valence-corrected chi connectivity index (χ3v) is 4.23. The maximum atomic E-state index is 13.2. The topological polar surface area (TPSA) is 58.9 Å². The van der Waals surface area contributed by atoms with Crippen molar-refractivity contribution >= 4 is 17.3 Å². The second kappa shape index (κ2) is 6.01. The van der Waals surface area contributed by atoms with Gasteiger partial charge in [-0.1, -0.05) is 17.2 Å². The SMILES string of the molecule is CN(C)c1ccc([C@@H]2C=C(c3ccc(F)cc3)Nc3nnnn32)cc1. The summed E-state index contributed by atoms with van der Waals surface area (Å²) in [5.74, 6) is 0.296. The standard InChI is InChI=1S/C18H17FN6/c1-24(2)15-9-5-13(6-10-15)17-11-16(12-3-7-14(19)8-4-12)20-18-21-22-23-25(17)18/h3-11,17H,1-2H3,(H,20,21,23)/t17-/m0/s1. The molecule has 6 nitrogen and oxygen atoms in total. The summed E-state index contributed by atoms with van der Waals surface area (Å²) in [4.78, 5) is 2.05. The van der Waals surface area contributed by atoms with Crippen LogP contribution in [0.4, 0.5) is 16.0 Å². The van der Waals surface area contributed by atoms with Gasteiger partial charge in [0.15, 0.2) is 0 Å². The zero-order valence-electron chi connectivity index (χ0n) is 13.9. The molecule has 0 bridgehead atoms. The number of hydrogen-bond donors (Lipinski definition) is 1. The van der Waals surface area contributed by atoms with E-state index in [-0.39, 0.29) is 11.9 Å². The van der Waals surface area contributed by atoms with Crippen LogP contribution in [0, 0.1) is 5.82 Å². The van der Waals surface area contributed by atoms with Crippen molar-refractivity contribution in [3.63, 3.8) is 0 Å². The summed E-state index contributed by atoms with van der Waals surface area (Å²) in [5.41, 5.74) is 3.92. The Balaban J connectivity index is 1.75. The van der Waals surface area contributed by atoms with E-state index >= 15 is 0 Å². The molecule has 2 heterocycles. The van der Waals surface area contributed by atoms with Crippen LogP contribution in [0.3, 0.4) is 0 Å². The molecule has 1 N–H and O–H groups in total. The Morgan fingerprint density at radius 3 is 2.44 bits per heavy atom. The summed E-state index contributed by atoms with van der Waals surface area (Å²) in [6.07, 6.45) is 2.04. The highest BCUT2D eigenvalue weighted by molar-refractivity contribution is 5.76. The molecule has 1 aliphatic heterocycles. The van der Waals surface area contributed by atoms with Gasteiger partial charge in [-0.25, -0.2) is 4.39 Å². The molecule has 0 saturated heterocycles. The lowest BCUT2D eigenvalue weighted by atomic mass is 10.0. The third kappa shape index (κ3) is 2.84. The molecule has 1 aliphatic rings. The number of aromatic nitrogens is 4. The van der Waals surface area contributed by atoms with Crippen LogP contribution in [0.15, 0.2) is 54.6 Å². The van der Waals surface area contributed by atoms with E-state index in [1.54, 1.807) is 16.8 Å². The molecule has 0 unspecified atom stereocenters. The minimum atomic E-state index is -0.263. The first-order chi connectivity index (χ1) is 12.1. The van der Waals surface area contributed by atoms with E-state index in [1.165, 1.54) is 12.1 Å². The van der Waals surface area contributed by atoms with Crippen molar-refractivity contribution in [1.29, 1.82) is 0 Å². The second-order valence-corrected chi connectivity index (χ2v) is 6.09. The highest BCUT2D eigenvalue weighted by Gasteiger charge is 2.24. The molecular formula is C18H17FN6. The number of nitrogens with one attached hydrogen (secondary N) is 1. The van der Waals surface area contributed by atoms with Crippen molar-refractivity contribution in [3.8, 4) is 0 Å². The number of halogens is 1. The Hall–Kier alpha value is -3.22. The maximum Gasteiger partial charge on any atom is 0.248 e. The molecular weight excluding hydrogens is 319 g/mol. The molecule has 0 amide bonds. The number of fused-ring (bicyclic) bond motifs is 1. The van der Waals surface area contributed by atoms with Crippen LogP contribution >= 0.6 is 0 Å². The number of tetrazole rings is 1. The van der Waals surface area contributed by atoms with Gasteiger partial charge in [0.05, 0.1) is 0 Å². The lowest BCUT2D eigenvalue weighted by Gasteiger charge is -2.24. The van der Waals surface area contributed by atoms with Crippen molar-refractivity contribution in [1.82, 2.24) is 20.2 Å². The fourth-order valence-electron chi connectivity index (χ4n) is 2.86. The van der Waals surface area contributed by atoms with Crippen LogP contribution in [0.5, 0.6) is 0 Å². The number of allylic oxidation sites excluding steroid dienone is 1. The van der Waals surface area contributed by atoms with Crippen LogP contribution < -0.4 is 10.2 Å². The number of rotatable bonds is 3. The largest absolute Gasteiger partial charge is 0.378 e. The average Bonchev–Trinajstić information content (AvgIpc) is 3.10. The van der Waals surface area contributed by atoms with Gasteiger partial charge in [-0.05, 0) is 64.0 Å². The molecule has 0 fully saturated rings. The average molecular weight is 336 g/mol. The highest BCUT2D eigenvalue weighted by atomic mass is 19.1. The molecule has 1 atom stereocenters. The Morgan fingerprint density at radius 2 is 1.76 bits per heavy atom. The lowest BCUT2D eigenvalue weighted by molar-refractivity contribution is 0.586. The molecule has 1 aromatic heterocycles. The maximum absolute atomic E-state index is 13.2. The molecule has 0 aliphatic carbocycles. The molecule has 2 aromatic carbocycles. The number of benzene rings is 2. The molecule has 0 spiro atoms. The predicted octanol–water partition coefficient (Wildman–Crippen LogP) is 2.93. The zero-order valence-corrected chi connectivity index (χ0v) is 13.9. The summed E-state index contributed by atoms with van der Waals surface area (Å²) in [6.45, 7) is 0. The third-order valence-electron chi connectivity index (χ3n) is 4.23. The lowest BCUT2D eigenvalue weighted by Crippen LogP contribution is -2.20. The van der Waals surface area contributed by atoms with Crippen LogP contribution in [-0.2, 0) is 0 Å². The second-order valence-electron chi connectivity index (χ2n) is 6.09. The van der Waals surface area contributed by atoms with E-state index < -0.39 is 0 Å². The van der Waals surface area contributed by atoms with Gasteiger partial charge in [0.2, 0.25) is 5.95 Å². The fourth-order valence-corrected chi connectivity index (χ4v) is 2.86. The normalized spacial score (nSPS) is 16.0. The van der Waals surface area contributed by atoms with Gasteiger partial charge in [0, 0.05) is 25.5 Å². The summed E-state index contributed by atoms with van der Waals surface area (Å²) in [7, 11) is 4.01. The molecule has 126 valence electrons. The summed E-state index contributed by atoms with van der Waals surface area (Å²) < 4.78 is 14.9. The van der Waals surface area contributed by atoms with Crippen LogP contribution in [0.25, 0.3) is 5.70 Å². The van der Waals surface area contributed by atoms with Crippen molar-refractivity contribution < 1.29 is 4.39 Å². The van der Waals surface area contributed by atoms with E-state index in [9.17, 15) is 4.39 Å². The van der Waals surface area contributed by atoms with Gasteiger partial charge in [-0.2, -0.15) is 4.68 Å². The van der Waals surface area contributed by atoms with Gasteiger partial charge in [-0.3, -0.25) is 0 Å². The molecule has 0 saturated carbocycles. The van der Waals surface area contributed by atoms with Gasteiger partial charge in [0.25, 0.3) is 0 Å². The van der Waals surface area contributed by atoms with Crippen LogP contribution in [-0.4, -0.2) is 34.3 Å². The first-order valence-corrected chi connectivity index (χ1v) is 7.92. The predicted molar refractivity (Wildman–Crippen MR) is 94.7 cm³/mol. The summed E-state index contributed by atoms with van der Waals surface area (Å²) in [5, 5.41) is 15.1. The van der Waals surface area contributed by atoms with Crippen molar-refractivity contribution in [3.05, 3.63) is 71.6 Å². The molecule has 0 radical (unpaired) electrons. The van der Waals surface area contributed by atoms with Gasteiger partial charge >= 0.3 is 0 Å². The Kier molecular flexibility index (Phi) is 3.68. The fraction of sp³-hybridized carbons (Fsp3) is 0.167. The van der Waals surface area contributed by atoms with Gasteiger partial charge in [-0.15, -0.1) is 0 Å². The summed E-state index contributed by atoms with van der Waals surface area (Å²) >= 11 is 0. The van der Waals surface area contributed by atoms with Crippen molar-refractivity contribution in [2.75, 3.05) is 24.3 Å². The van der Waals surface area contributed by atoms with E-state index in [4.69, 9.17) is 0 Å². The number of anilines is 2. The van der Waals surface area contributed by atoms with Crippen LogP contribution in [0.1, 0.15) is 17.2 Å². The van der Waals surface area contributed by atoms with Crippen molar-refractivity contribution in [2.45, 2.75) is 6.04 Å². The van der Waals surface area contributed by atoms with E-state index in [1.807, 2.05) is 20.2 Å². The quantitative estimate of drug-likeness (QED) is 0.797. The minimum Gasteiger partial charge on any atom is -0.378 e. The van der Waals surface area contributed by atoms with E-state index in [0.717, 1.165) is 22.5 Å². The molecule has 25 heavy (non-hydrogen) atoms. The highest BCUT2D eigenvalue weighted by Crippen LogP contribution is 2.32. The summed E-state index contributed by atoms with van der Waals surface area (Å²) in [6, 6.07) is 14.5. The minimum absolute atomic E-state index is 0.137. The molecule has 3 aromatic rings.